The number of carboxylic acid groups (broad SMARTS) is 1. The third kappa shape index (κ3) is 3.29. The quantitative estimate of drug-likeness (QED) is 0.517. The van der Waals surface area contributed by atoms with E-state index in [2.05, 4.69) is 12.6 Å². The van der Waals surface area contributed by atoms with Gasteiger partial charge in [0.05, 0.1) is 16.7 Å². The normalized spacial score (nSPS) is 9.95. The molecule has 0 saturated carbocycles. The van der Waals surface area contributed by atoms with Gasteiger partial charge >= 0.3 is 17.9 Å². The monoisotopic (exact) mass is 302 g/mol. The van der Waals surface area contributed by atoms with Crippen molar-refractivity contribution in [1.82, 2.24) is 0 Å². The summed E-state index contributed by atoms with van der Waals surface area (Å²) in [6, 6.07) is 11.8. The van der Waals surface area contributed by atoms with Crippen LogP contribution in [0.3, 0.4) is 0 Å². The Bertz CT molecular complexity index is 724. The van der Waals surface area contributed by atoms with Crippen molar-refractivity contribution in [2.45, 2.75) is 4.90 Å². The molecule has 0 aromatic heterocycles. The molecule has 0 aliphatic rings. The van der Waals surface area contributed by atoms with Crippen molar-refractivity contribution in [2.75, 3.05) is 0 Å². The molecule has 0 unspecified atom stereocenters. The van der Waals surface area contributed by atoms with Crippen LogP contribution in [0.2, 0.25) is 0 Å². The summed E-state index contributed by atoms with van der Waals surface area (Å²) in [7, 11) is 0. The first-order valence-corrected chi connectivity index (χ1v) is 6.32. The molecule has 0 heterocycles. The zero-order valence-corrected chi connectivity index (χ0v) is 11.5. The average molecular weight is 302 g/mol. The summed E-state index contributed by atoms with van der Waals surface area (Å²) in [5.41, 5.74) is -0.286. The third-order valence-corrected chi connectivity index (χ3v) is 3.08. The van der Waals surface area contributed by atoms with Crippen LogP contribution in [-0.2, 0) is 4.74 Å². The summed E-state index contributed by atoms with van der Waals surface area (Å²) in [6.45, 7) is 0. The van der Waals surface area contributed by atoms with Gasteiger partial charge in [0.15, 0.2) is 0 Å². The number of thiol groups is 1. The lowest BCUT2D eigenvalue weighted by Gasteiger charge is -2.06. The van der Waals surface area contributed by atoms with Crippen LogP contribution in [0.25, 0.3) is 0 Å². The van der Waals surface area contributed by atoms with E-state index in [1.807, 2.05) is 0 Å². The second-order valence-electron chi connectivity index (χ2n) is 4.04. The van der Waals surface area contributed by atoms with Gasteiger partial charge in [-0.15, -0.1) is 12.6 Å². The van der Waals surface area contributed by atoms with Gasteiger partial charge in [0.1, 0.15) is 0 Å². The van der Waals surface area contributed by atoms with Crippen molar-refractivity contribution in [3.63, 3.8) is 0 Å². The largest absolute Gasteiger partial charge is 0.478 e. The number of esters is 2. The smallest absolute Gasteiger partial charge is 0.347 e. The second-order valence-corrected chi connectivity index (χ2v) is 4.53. The number of benzene rings is 2. The molecule has 106 valence electrons. The van der Waals surface area contributed by atoms with Crippen molar-refractivity contribution in [2.24, 2.45) is 0 Å². The van der Waals surface area contributed by atoms with Crippen LogP contribution in [0, 0.1) is 0 Å². The molecular formula is C15H10O5S. The van der Waals surface area contributed by atoms with E-state index in [0.717, 1.165) is 0 Å². The van der Waals surface area contributed by atoms with Gasteiger partial charge < -0.3 is 9.84 Å². The molecule has 0 aliphatic carbocycles. The summed E-state index contributed by atoms with van der Waals surface area (Å²) >= 11 is 4.09. The number of rotatable bonds is 3. The summed E-state index contributed by atoms with van der Waals surface area (Å²) in [4.78, 5) is 35.2. The van der Waals surface area contributed by atoms with Gasteiger partial charge in [0.25, 0.3) is 0 Å². The molecule has 0 fully saturated rings. The molecule has 2 aromatic rings. The topological polar surface area (TPSA) is 80.7 Å². The van der Waals surface area contributed by atoms with E-state index >= 15 is 0 Å². The lowest BCUT2D eigenvalue weighted by molar-refractivity contribution is 0.0389. The number of hydrogen-bond donors (Lipinski definition) is 2. The number of carboxylic acids is 1. The Morgan fingerprint density at radius 2 is 1.29 bits per heavy atom. The molecule has 0 bridgehead atoms. The molecule has 0 saturated heterocycles. The van der Waals surface area contributed by atoms with Gasteiger partial charge in [0, 0.05) is 4.90 Å². The van der Waals surface area contributed by atoms with Gasteiger partial charge in [-0.05, 0) is 24.3 Å². The van der Waals surface area contributed by atoms with Crippen LogP contribution in [0.4, 0.5) is 0 Å². The minimum Gasteiger partial charge on any atom is -0.478 e. The third-order valence-electron chi connectivity index (χ3n) is 2.69. The zero-order valence-electron chi connectivity index (χ0n) is 10.6. The van der Waals surface area contributed by atoms with Gasteiger partial charge in [-0.1, -0.05) is 24.3 Å². The summed E-state index contributed by atoms with van der Waals surface area (Å²) < 4.78 is 4.70. The predicted octanol–water partition coefficient (Wildman–Crippen LogP) is 2.67. The lowest BCUT2D eigenvalue weighted by Crippen LogP contribution is -2.16. The van der Waals surface area contributed by atoms with Gasteiger partial charge in [0.2, 0.25) is 0 Å². The molecule has 0 aliphatic heterocycles. The lowest BCUT2D eigenvalue weighted by atomic mass is 10.1. The Labute approximate surface area is 125 Å². The van der Waals surface area contributed by atoms with Gasteiger partial charge in [-0.25, -0.2) is 14.4 Å². The second kappa shape index (κ2) is 6.23. The highest BCUT2D eigenvalue weighted by molar-refractivity contribution is 7.80. The van der Waals surface area contributed by atoms with E-state index in [1.54, 1.807) is 18.2 Å². The van der Waals surface area contributed by atoms with Gasteiger partial charge in [-0.3, -0.25) is 0 Å². The average Bonchev–Trinajstić information content (AvgIpc) is 2.47. The molecule has 0 radical (unpaired) electrons. The Balaban J connectivity index is 2.25. The number of hydrogen-bond acceptors (Lipinski definition) is 5. The van der Waals surface area contributed by atoms with E-state index in [4.69, 9.17) is 9.84 Å². The van der Waals surface area contributed by atoms with Crippen LogP contribution in [0.1, 0.15) is 31.1 Å². The van der Waals surface area contributed by atoms with Crippen molar-refractivity contribution < 1.29 is 24.2 Å². The Morgan fingerprint density at radius 1 is 0.810 bits per heavy atom. The van der Waals surface area contributed by atoms with Gasteiger partial charge in [-0.2, -0.15) is 0 Å². The number of aromatic carboxylic acids is 1. The van der Waals surface area contributed by atoms with Crippen molar-refractivity contribution >= 4 is 30.5 Å². The maximum absolute atomic E-state index is 11.9. The van der Waals surface area contributed by atoms with E-state index in [0.29, 0.717) is 4.90 Å². The molecule has 6 heteroatoms. The minimum absolute atomic E-state index is 0.127. The fraction of sp³-hybridized carbons (Fsp3) is 0. The fourth-order valence-corrected chi connectivity index (χ4v) is 1.94. The van der Waals surface area contributed by atoms with Crippen molar-refractivity contribution in [3.05, 3.63) is 65.2 Å². The van der Waals surface area contributed by atoms with Crippen LogP contribution in [0.5, 0.6) is 0 Å². The van der Waals surface area contributed by atoms with Crippen LogP contribution in [-0.4, -0.2) is 23.0 Å². The molecule has 5 nitrogen and oxygen atoms in total. The minimum atomic E-state index is -1.27. The molecule has 0 amide bonds. The van der Waals surface area contributed by atoms with Crippen molar-refractivity contribution in [1.29, 1.82) is 0 Å². The number of carbonyl (C=O) groups is 3. The highest BCUT2D eigenvalue weighted by Gasteiger charge is 2.21. The predicted molar refractivity (Wildman–Crippen MR) is 76.8 cm³/mol. The standard InChI is InChI=1S/C15H10O5S/c16-13(17)9-5-1-2-6-10(9)14(18)20-15(19)11-7-3-4-8-12(11)21/h1-8,21H,(H,16,17). The molecule has 2 rings (SSSR count). The summed E-state index contributed by atoms with van der Waals surface area (Å²) in [5, 5.41) is 9.00. The number of ether oxygens (including phenoxy) is 1. The molecule has 21 heavy (non-hydrogen) atoms. The Kier molecular flexibility index (Phi) is 4.39. The van der Waals surface area contributed by atoms with E-state index in [9.17, 15) is 14.4 Å². The zero-order chi connectivity index (χ0) is 15.4. The van der Waals surface area contributed by atoms with E-state index in [-0.39, 0.29) is 16.7 Å². The number of carbonyl (C=O) groups excluding carboxylic acids is 2. The van der Waals surface area contributed by atoms with Crippen molar-refractivity contribution in [3.8, 4) is 0 Å². The maximum atomic E-state index is 11.9. The van der Waals surface area contributed by atoms with Crippen LogP contribution >= 0.6 is 12.6 Å². The molecular weight excluding hydrogens is 292 g/mol. The highest BCUT2D eigenvalue weighted by atomic mass is 32.1. The SMILES string of the molecule is O=C(OC(=O)c1ccccc1C(=O)O)c1ccccc1S. The molecule has 0 spiro atoms. The maximum Gasteiger partial charge on any atom is 0.347 e. The first-order chi connectivity index (χ1) is 10.0. The highest BCUT2D eigenvalue weighted by Crippen LogP contribution is 2.16. The fourth-order valence-electron chi connectivity index (χ4n) is 1.69. The summed E-state index contributed by atoms with van der Waals surface area (Å²) in [5.74, 6) is -3.18. The first-order valence-electron chi connectivity index (χ1n) is 5.87. The molecule has 1 N–H and O–H groups in total. The van der Waals surface area contributed by atoms with Crippen LogP contribution in [0.15, 0.2) is 53.4 Å². The molecule has 2 aromatic carbocycles. The Morgan fingerprint density at radius 3 is 1.86 bits per heavy atom. The Hall–Kier alpha value is -2.60. The summed E-state index contributed by atoms with van der Waals surface area (Å²) in [6.07, 6.45) is 0. The first kappa shape index (κ1) is 14.8. The van der Waals surface area contributed by atoms with Crippen LogP contribution < -0.4 is 0 Å². The van der Waals surface area contributed by atoms with E-state index < -0.39 is 17.9 Å². The molecule has 0 atom stereocenters. The van der Waals surface area contributed by atoms with E-state index in [1.165, 1.54) is 30.3 Å².